The molecular weight excluding hydrogens is 306 g/mol. The molecule has 0 radical (unpaired) electrons. The van der Waals surface area contributed by atoms with Gasteiger partial charge in [0.1, 0.15) is 0 Å². The van der Waals surface area contributed by atoms with E-state index in [1.165, 1.54) is 25.0 Å². The number of benzene rings is 1. The standard InChI is InChI=1S/C18H29N3OS/c1-3-19-18(21-16-9-10-17(11-16)23-4-2)20-12-14-7-5-6-8-15(14)13-22/h5-8,16-17,22H,3-4,9-13H2,1-2H3,(H2,19,20,21). The first-order valence-electron chi connectivity index (χ1n) is 8.60. The van der Waals surface area contributed by atoms with Gasteiger partial charge in [-0.3, -0.25) is 0 Å². The van der Waals surface area contributed by atoms with Crippen molar-refractivity contribution in [1.29, 1.82) is 0 Å². The molecule has 3 N–H and O–H groups in total. The lowest BCUT2D eigenvalue weighted by Gasteiger charge is -2.17. The van der Waals surface area contributed by atoms with Crippen molar-refractivity contribution in [3.8, 4) is 0 Å². The minimum atomic E-state index is 0.0637. The Kier molecular flexibility index (Phi) is 7.76. The van der Waals surface area contributed by atoms with Gasteiger partial charge in [-0.2, -0.15) is 11.8 Å². The highest BCUT2D eigenvalue weighted by molar-refractivity contribution is 7.99. The first kappa shape index (κ1) is 18.1. The van der Waals surface area contributed by atoms with E-state index in [0.29, 0.717) is 12.6 Å². The van der Waals surface area contributed by atoms with Crippen molar-refractivity contribution in [3.63, 3.8) is 0 Å². The Morgan fingerprint density at radius 3 is 2.74 bits per heavy atom. The zero-order valence-electron chi connectivity index (χ0n) is 14.2. The van der Waals surface area contributed by atoms with Crippen LogP contribution >= 0.6 is 11.8 Å². The minimum absolute atomic E-state index is 0.0637. The average molecular weight is 336 g/mol. The molecule has 128 valence electrons. The Hall–Kier alpha value is -1.20. The highest BCUT2D eigenvalue weighted by Crippen LogP contribution is 2.29. The fourth-order valence-electron chi connectivity index (χ4n) is 3.00. The average Bonchev–Trinajstić information content (AvgIpc) is 3.00. The van der Waals surface area contributed by atoms with Crippen LogP contribution < -0.4 is 10.6 Å². The van der Waals surface area contributed by atoms with Crippen molar-refractivity contribution < 1.29 is 5.11 Å². The number of rotatable bonds is 7. The molecule has 4 nitrogen and oxygen atoms in total. The van der Waals surface area contributed by atoms with Crippen LogP contribution in [0.1, 0.15) is 44.2 Å². The summed E-state index contributed by atoms with van der Waals surface area (Å²) in [6.45, 7) is 5.83. The minimum Gasteiger partial charge on any atom is -0.392 e. The maximum Gasteiger partial charge on any atom is 0.191 e. The quantitative estimate of drug-likeness (QED) is 0.530. The Morgan fingerprint density at radius 1 is 1.26 bits per heavy atom. The zero-order valence-corrected chi connectivity index (χ0v) is 15.0. The predicted octanol–water partition coefficient (Wildman–Crippen LogP) is 2.91. The molecule has 23 heavy (non-hydrogen) atoms. The number of nitrogens with zero attached hydrogens (tertiary/aromatic N) is 1. The van der Waals surface area contributed by atoms with Crippen LogP contribution in [0.2, 0.25) is 0 Å². The molecule has 2 atom stereocenters. The fourth-order valence-corrected chi connectivity index (χ4v) is 4.14. The summed E-state index contributed by atoms with van der Waals surface area (Å²) in [5.74, 6) is 2.08. The number of aliphatic hydroxyl groups is 1. The molecule has 0 saturated heterocycles. The third-order valence-corrected chi connectivity index (χ3v) is 5.40. The summed E-state index contributed by atoms with van der Waals surface area (Å²) in [6.07, 6.45) is 3.73. The smallest absolute Gasteiger partial charge is 0.191 e. The molecule has 0 bridgehead atoms. The molecule has 1 aromatic rings. The molecule has 0 aromatic heterocycles. The van der Waals surface area contributed by atoms with Gasteiger partial charge in [0, 0.05) is 17.8 Å². The summed E-state index contributed by atoms with van der Waals surface area (Å²) in [5, 5.41) is 17.1. The summed E-state index contributed by atoms with van der Waals surface area (Å²) >= 11 is 2.07. The van der Waals surface area contributed by atoms with Gasteiger partial charge in [-0.15, -0.1) is 0 Å². The van der Waals surface area contributed by atoms with Crippen LogP contribution in [0.15, 0.2) is 29.3 Å². The predicted molar refractivity (Wildman–Crippen MR) is 99.9 cm³/mol. The van der Waals surface area contributed by atoms with Gasteiger partial charge in [-0.1, -0.05) is 31.2 Å². The largest absolute Gasteiger partial charge is 0.392 e. The second-order valence-corrected chi connectivity index (χ2v) is 7.43. The fraction of sp³-hybridized carbons (Fsp3) is 0.611. The maximum absolute atomic E-state index is 9.41. The van der Waals surface area contributed by atoms with E-state index in [-0.39, 0.29) is 6.61 Å². The zero-order chi connectivity index (χ0) is 16.5. The first-order chi connectivity index (χ1) is 11.3. The van der Waals surface area contributed by atoms with Crippen LogP contribution in [0.5, 0.6) is 0 Å². The molecule has 1 aliphatic rings. The van der Waals surface area contributed by atoms with Crippen LogP contribution in [-0.4, -0.2) is 34.7 Å². The topological polar surface area (TPSA) is 56.7 Å². The molecule has 1 aliphatic carbocycles. The molecule has 5 heteroatoms. The molecule has 0 heterocycles. The summed E-state index contributed by atoms with van der Waals surface area (Å²) in [7, 11) is 0. The molecule has 0 amide bonds. The van der Waals surface area contributed by atoms with Gasteiger partial charge < -0.3 is 15.7 Å². The molecule has 1 fully saturated rings. The first-order valence-corrected chi connectivity index (χ1v) is 9.65. The van der Waals surface area contributed by atoms with Crippen LogP contribution in [-0.2, 0) is 13.2 Å². The van der Waals surface area contributed by atoms with E-state index in [2.05, 4.69) is 36.2 Å². The van der Waals surface area contributed by atoms with E-state index in [1.807, 2.05) is 24.3 Å². The molecule has 1 aromatic carbocycles. The SMILES string of the molecule is CCNC(=NCc1ccccc1CO)NC1CCC(SCC)C1. The highest BCUT2D eigenvalue weighted by Gasteiger charge is 2.25. The number of hydrogen-bond donors (Lipinski definition) is 3. The number of aliphatic hydroxyl groups excluding tert-OH is 1. The molecule has 2 rings (SSSR count). The number of nitrogens with one attached hydrogen (secondary N) is 2. The molecular formula is C18H29N3OS. The van der Waals surface area contributed by atoms with Gasteiger partial charge in [0.25, 0.3) is 0 Å². The Labute approximate surface area is 144 Å². The number of aliphatic imine (C=N–C) groups is 1. The lowest BCUT2D eigenvalue weighted by molar-refractivity contribution is 0.280. The normalized spacial score (nSPS) is 21.4. The van der Waals surface area contributed by atoms with Gasteiger partial charge >= 0.3 is 0 Å². The van der Waals surface area contributed by atoms with Crippen LogP contribution in [0.3, 0.4) is 0 Å². The monoisotopic (exact) mass is 335 g/mol. The molecule has 0 aliphatic heterocycles. The summed E-state index contributed by atoms with van der Waals surface area (Å²) in [4.78, 5) is 4.70. The second-order valence-electron chi connectivity index (χ2n) is 5.85. The van der Waals surface area contributed by atoms with Gasteiger partial charge in [-0.05, 0) is 43.1 Å². The van der Waals surface area contributed by atoms with Crippen LogP contribution in [0, 0.1) is 0 Å². The summed E-state index contributed by atoms with van der Waals surface area (Å²) in [5.41, 5.74) is 2.03. The van der Waals surface area contributed by atoms with E-state index in [0.717, 1.165) is 28.9 Å². The van der Waals surface area contributed by atoms with E-state index < -0.39 is 0 Å². The Balaban J connectivity index is 1.95. The van der Waals surface area contributed by atoms with Gasteiger partial charge in [0.15, 0.2) is 5.96 Å². The van der Waals surface area contributed by atoms with E-state index in [9.17, 15) is 5.11 Å². The van der Waals surface area contributed by atoms with Crippen molar-refractivity contribution in [2.75, 3.05) is 12.3 Å². The van der Waals surface area contributed by atoms with Gasteiger partial charge in [-0.25, -0.2) is 4.99 Å². The van der Waals surface area contributed by atoms with Crippen molar-refractivity contribution in [2.24, 2.45) is 4.99 Å². The number of thioether (sulfide) groups is 1. The third kappa shape index (κ3) is 5.74. The lowest BCUT2D eigenvalue weighted by Crippen LogP contribution is -2.42. The Bertz CT molecular complexity index is 507. The van der Waals surface area contributed by atoms with Gasteiger partial charge in [0.2, 0.25) is 0 Å². The van der Waals surface area contributed by atoms with E-state index in [4.69, 9.17) is 4.99 Å². The van der Waals surface area contributed by atoms with Crippen molar-refractivity contribution in [1.82, 2.24) is 10.6 Å². The summed E-state index contributed by atoms with van der Waals surface area (Å²) < 4.78 is 0. The third-order valence-electron chi connectivity index (χ3n) is 4.17. The van der Waals surface area contributed by atoms with Crippen molar-refractivity contribution in [2.45, 2.75) is 57.6 Å². The molecule has 0 spiro atoms. The van der Waals surface area contributed by atoms with Crippen molar-refractivity contribution >= 4 is 17.7 Å². The number of guanidine groups is 1. The molecule has 2 unspecified atom stereocenters. The molecule has 1 saturated carbocycles. The van der Waals surface area contributed by atoms with Crippen LogP contribution in [0.4, 0.5) is 0 Å². The van der Waals surface area contributed by atoms with Crippen LogP contribution in [0.25, 0.3) is 0 Å². The Morgan fingerprint density at radius 2 is 2.04 bits per heavy atom. The summed E-state index contributed by atoms with van der Waals surface area (Å²) in [6, 6.07) is 8.45. The lowest BCUT2D eigenvalue weighted by atomic mass is 10.1. The number of hydrogen-bond acceptors (Lipinski definition) is 3. The van der Waals surface area contributed by atoms with Crippen molar-refractivity contribution in [3.05, 3.63) is 35.4 Å². The van der Waals surface area contributed by atoms with E-state index >= 15 is 0 Å². The van der Waals surface area contributed by atoms with Gasteiger partial charge in [0.05, 0.1) is 13.2 Å². The van der Waals surface area contributed by atoms with E-state index in [1.54, 1.807) is 0 Å². The maximum atomic E-state index is 9.41. The second kappa shape index (κ2) is 9.83. The highest BCUT2D eigenvalue weighted by atomic mass is 32.2.